The first-order valence-electron chi connectivity index (χ1n) is 13.8. The third kappa shape index (κ3) is 8.66. The lowest BCUT2D eigenvalue weighted by Gasteiger charge is -2.32. The molecule has 1 atom stereocenters. The molecule has 0 saturated heterocycles. The normalized spacial score (nSPS) is 12.4. The van der Waals surface area contributed by atoms with Crippen molar-refractivity contribution >= 4 is 39.1 Å². The van der Waals surface area contributed by atoms with Gasteiger partial charge in [0.2, 0.25) is 11.8 Å². The summed E-state index contributed by atoms with van der Waals surface area (Å²) in [6.07, 6.45) is -3.35. The lowest BCUT2D eigenvalue weighted by atomic mass is 10.1. The highest BCUT2D eigenvalue weighted by atomic mass is 35.5. The van der Waals surface area contributed by atoms with E-state index in [1.165, 1.54) is 43.2 Å². The van der Waals surface area contributed by atoms with Gasteiger partial charge in [0.05, 0.1) is 28.3 Å². The van der Waals surface area contributed by atoms with Crippen molar-refractivity contribution in [1.29, 1.82) is 0 Å². The van der Waals surface area contributed by atoms with Gasteiger partial charge < -0.3 is 15.0 Å². The molecule has 0 aliphatic rings. The molecule has 3 rings (SSSR count). The Bertz CT molecular complexity index is 1570. The van der Waals surface area contributed by atoms with Crippen LogP contribution in [0.25, 0.3) is 0 Å². The summed E-state index contributed by atoms with van der Waals surface area (Å²) < 4.78 is 75.1. The summed E-state index contributed by atoms with van der Waals surface area (Å²) in [4.78, 5) is 28.0. The third-order valence-electron chi connectivity index (χ3n) is 6.92. The molecule has 0 unspecified atom stereocenters. The minimum Gasteiger partial charge on any atom is -0.497 e. The van der Waals surface area contributed by atoms with E-state index in [0.29, 0.717) is 34.7 Å². The number of nitrogens with zero attached hydrogens (tertiary/aromatic N) is 2. The topological polar surface area (TPSA) is 96.0 Å². The van der Waals surface area contributed by atoms with Crippen molar-refractivity contribution in [2.45, 2.75) is 57.3 Å². The second kappa shape index (κ2) is 14.8. The zero-order valence-corrected chi connectivity index (χ0v) is 26.4. The fraction of sp³-hybridized carbons (Fsp3) is 0.355. The van der Waals surface area contributed by atoms with E-state index in [0.717, 1.165) is 24.1 Å². The average molecular weight is 654 g/mol. The Morgan fingerprint density at radius 2 is 1.73 bits per heavy atom. The molecule has 0 heterocycles. The fourth-order valence-corrected chi connectivity index (χ4v) is 5.97. The molecule has 13 heteroatoms. The molecular formula is C31H35ClF3N3O5S. The number of aryl methyl sites for hydroxylation is 1. The quantitative estimate of drug-likeness (QED) is 0.222. The standard InChI is InChI=1S/C31H35ClF3N3O5S/c1-5-6-16-36-30(40)22(3)37(19-23-8-7-9-25(17-23)43-4)29(39)20-38(44(41,42)26-13-10-21(2)11-14-26)24-12-15-28(32)27(18-24)31(33,34)35/h7-15,17-18,22H,5-6,16,19-20H2,1-4H3,(H,36,40)/t22-/m1/s1. The Labute approximate surface area is 260 Å². The van der Waals surface area contributed by atoms with E-state index in [2.05, 4.69) is 5.32 Å². The number of halogens is 4. The van der Waals surface area contributed by atoms with Crippen molar-refractivity contribution in [1.82, 2.24) is 10.2 Å². The number of rotatable bonds is 13. The number of hydrogen-bond donors (Lipinski definition) is 1. The number of methoxy groups -OCH3 is 1. The van der Waals surface area contributed by atoms with Crippen molar-refractivity contribution in [3.05, 3.63) is 88.4 Å². The second-order valence-electron chi connectivity index (χ2n) is 10.2. The summed E-state index contributed by atoms with van der Waals surface area (Å²) in [5.41, 5.74) is -0.336. The third-order valence-corrected chi connectivity index (χ3v) is 9.03. The molecule has 238 valence electrons. The molecule has 3 aromatic rings. The molecule has 0 aliphatic heterocycles. The molecule has 1 N–H and O–H groups in total. The molecule has 0 aromatic heterocycles. The van der Waals surface area contributed by atoms with E-state index >= 15 is 0 Å². The zero-order chi connectivity index (χ0) is 32.7. The van der Waals surface area contributed by atoms with Crippen molar-refractivity contribution in [3.8, 4) is 5.75 Å². The second-order valence-corrected chi connectivity index (χ2v) is 12.4. The number of carbonyl (C=O) groups excluding carboxylic acids is 2. The van der Waals surface area contributed by atoms with Crippen LogP contribution >= 0.6 is 11.6 Å². The van der Waals surface area contributed by atoms with Crippen molar-refractivity contribution in [2.75, 3.05) is 24.5 Å². The number of carbonyl (C=O) groups is 2. The van der Waals surface area contributed by atoms with Crippen LogP contribution in [-0.4, -0.2) is 51.4 Å². The van der Waals surface area contributed by atoms with Gasteiger partial charge in [0, 0.05) is 13.1 Å². The maximum Gasteiger partial charge on any atom is 0.417 e. The maximum atomic E-state index is 14.0. The number of nitrogens with one attached hydrogen (secondary N) is 1. The fourth-order valence-electron chi connectivity index (χ4n) is 4.34. The Morgan fingerprint density at radius 3 is 2.34 bits per heavy atom. The molecule has 3 aromatic carbocycles. The number of amides is 2. The highest BCUT2D eigenvalue weighted by Gasteiger charge is 2.37. The van der Waals surface area contributed by atoms with Crippen LogP contribution in [0.4, 0.5) is 18.9 Å². The summed E-state index contributed by atoms with van der Waals surface area (Å²) in [5.74, 6) is -0.780. The van der Waals surface area contributed by atoms with Crippen LogP contribution < -0.4 is 14.4 Å². The minimum atomic E-state index is -4.89. The number of sulfonamides is 1. The van der Waals surface area contributed by atoms with Gasteiger partial charge in [0.1, 0.15) is 18.3 Å². The first-order valence-corrected chi connectivity index (χ1v) is 15.7. The van der Waals surface area contributed by atoms with E-state index in [1.807, 2.05) is 6.92 Å². The van der Waals surface area contributed by atoms with Crippen LogP contribution in [0.3, 0.4) is 0 Å². The van der Waals surface area contributed by atoms with Crippen molar-refractivity contribution < 1.29 is 35.9 Å². The molecule has 0 bridgehead atoms. The number of hydrogen-bond acceptors (Lipinski definition) is 5. The van der Waals surface area contributed by atoms with Crippen LogP contribution in [-0.2, 0) is 32.3 Å². The van der Waals surface area contributed by atoms with E-state index in [-0.39, 0.29) is 11.4 Å². The van der Waals surface area contributed by atoms with Gasteiger partial charge in [-0.2, -0.15) is 13.2 Å². The lowest BCUT2D eigenvalue weighted by Crippen LogP contribution is -2.51. The predicted octanol–water partition coefficient (Wildman–Crippen LogP) is 6.20. The first-order chi connectivity index (χ1) is 20.7. The van der Waals surface area contributed by atoms with Gasteiger partial charge in [-0.3, -0.25) is 13.9 Å². The Hall–Kier alpha value is -3.77. The predicted molar refractivity (Wildman–Crippen MR) is 163 cm³/mol. The number of ether oxygens (including phenoxy) is 1. The van der Waals surface area contributed by atoms with Crippen LogP contribution in [0, 0.1) is 6.92 Å². The Kier molecular flexibility index (Phi) is 11.7. The monoisotopic (exact) mass is 653 g/mol. The highest BCUT2D eigenvalue weighted by Crippen LogP contribution is 2.38. The number of anilines is 1. The Balaban J connectivity index is 2.10. The summed E-state index contributed by atoms with van der Waals surface area (Å²) in [6.45, 7) is 4.58. The van der Waals surface area contributed by atoms with Crippen molar-refractivity contribution in [2.24, 2.45) is 0 Å². The first kappa shape index (κ1) is 34.7. The van der Waals surface area contributed by atoms with E-state index < -0.39 is 56.9 Å². The molecule has 0 saturated carbocycles. The van der Waals surface area contributed by atoms with Crippen molar-refractivity contribution in [3.63, 3.8) is 0 Å². The number of unbranched alkanes of at least 4 members (excludes halogenated alkanes) is 1. The zero-order valence-electron chi connectivity index (χ0n) is 24.8. The molecule has 2 amide bonds. The van der Waals surface area contributed by atoms with Gasteiger partial charge >= 0.3 is 6.18 Å². The molecule has 0 radical (unpaired) electrons. The molecule has 0 aliphatic carbocycles. The maximum absolute atomic E-state index is 14.0. The molecular weight excluding hydrogens is 619 g/mol. The van der Waals surface area contributed by atoms with E-state index in [1.54, 1.807) is 31.2 Å². The molecule has 8 nitrogen and oxygen atoms in total. The summed E-state index contributed by atoms with van der Waals surface area (Å²) >= 11 is 5.82. The molecule has 44 heavy (non-hydrogen) atoms. The van der Waals surface area contributed by atoms with E-state index in [9.17, 15) is 31.2 Å². The largest absolute Gasteiger partial charge is 0.497 e. The van der Waals surface area contributed by atoms with Crippen LogP contribution in [0.15, 0.2) is 71.6 Å². The van der Waals surface area contributed by atoms with Crippen LogP contribution in [0.1, 0.15) is 43.4 Å². The molecule has 0 fully saturated rings. The number of alkyl halides is 3. The van der Waals surface area contributed by atoms with Gasteiger partial charge in [-0.05, 0) is 68.3 Å². The SMILES string of the molecule is CCCCNC(=O)[C@@H](C)N(Cc1cccc(OC)c1)C(=O)CN(c1ccc(Cl)c(C(F)(F)F)c1)S(=O)(=O)c1ccc(C)cc1. The Morgan fingerprint density at radius 1 is 1.05 bits per heavy atom. The van der Waals surface area contributed by atoms with Gasteiger partial charge in [-0.25, -0.2) is 8.42 Å². The van der Waals surface area contributed by atoms with Gasteiger partial charge in [-0.15, -0.1) is 0 Å². The molecule has 0 spiro atoms. The van der Waals surface area contributed by atoms with E-state index in [4.69, 9.17) is 16.3 Å². The summed E-state index contributed by atoms with van der Waals surface area (Å²) in [5, 5.41) is 2.15. The van der Waals surface area contributed by atoms with Gasteiger partial charge in [0.25, 0.3) is 10.0 Å². The van der Waals surface area contributed by atoms with Gasteiger partial charge in [0.15, 0.2) is 0 Å². The van der Waals surface area contributed by atoms with Crippen LogP contribution in [0.5, 0.6) is 5.75 Å². The summed E-state index contributed by atoms with van der Waals surface area (Å²) in [7, 11) is -3.09. The summed E-state index contributed by atoms with van der Waals surface area (Å²) in [6, 6.07) is 14.0. The number of benzene rings is 3. The average Bonchev–Trinajstić information content (AvgIpc) is 2.98. The highest BCUT2D eigenvalue weighted by molar-refractivity contribution is 7.92. The van der Waals surface area contributed by atoms with Gasteiger partial charge in [-0.1, -0.05) is 54.8 Å². The smallest absolute Gasteiger partial charge is 0.417 e. The lowest BCUT2D eigenvalue weighted by molar-refractivity contribution is -0.139. The minimum absolute atomic E-state index is 0.106. The van der Waals surface area contributed by atoms with Crippen LogP contribution in [0.2, 0.25) is 5.02 Å².